The molecule has 0 saturated carbocycles. The summed E-state index contributed by atoms with van der Waals surface area (Å²) >= 11 is 0. The lowest BCUT2D eigenvalue weighted by Gasteiger charge is -2.15. The van der Waals surface area contributed by atoms with Crippen molar-refractivity contribution in [1.29, 1.82) is 0 Å². The lowest BCUT2D eigenvalue weighted by Crippen LogP contribution is -2.31. The fourth-order valence-corrected chi connectivity index (χ4v) is 2.05. The molecule has 1 atom stereocenters. The van der Waals surface area contributed by atoms with E-state index in [1.165, 1.54) is 11.7 Å². The van der Waals surface area contributed by atoms with Crippen LogP contribution in [0.5, 0.6) is 0 Å². The number of H-pyrrole nitrogens is 1. The predicted molar refractivity (Wildman–Crippen MR) is 66.6 cm³/mol. The number of hydrogen-bond acceptors (Lipinski definition) is 4. The Labute approximate surface area is 104 Å². The van der Waals surface area contributed by atoms with E-state index >= 15 is 0 Å². The van der Waals surface area contributed by atoms with Gasteiger partial charge in [-0.2, -0.15) is 0 Å². The molecule has 2 heterocycles. The highest BCUT2D eigenvalue weighted by Gasteiger charge is 2.21. The number of aromatic nitrogens is 3. The smallest absolute Gasteiger partial charge is 0.328 e. The van der Waals surface area contributed by atoms with Crippen molar-refractivity contribution in [3.05, 3.63) is 27.9 Å². The van der Waals surface area contributed by atoms with Gasteiger partial charge in [-0.25, -0.2) is 9.78 Å². The molecule has 0 radical (unpaired) electrons. The highest BCUT2D eigenvalue weighted by Crippen LogP contribution is 2.13. The first-order valence-electron chi connectivity index (χ1n) is 5.62. The normalized spacial score (nSPS) is 12.7. The van der Waals surface area contributed by atoms with Crippen LogP contribution in [-0.2, 0) is 9.53 Å². The first-order chi connectivity index (χ1) is 8.45. The van der Waals surface area contributed by atoms with Gasteiger partial charge >= 0.3 is 5.97 Å². The third-order valence-electron chi connectivity index (χ3n) is 2.93. The number of ether oxygens (including phenoxy) is 1. The summed E-state index contributed by atoms with van der Waals surface area (Å²) < 4.78 is 6.01. The average molecular weight is 249 g/mol. The second-order valence-electron chi connectivity index (χ2n) is 4.25. The number of aryl methyl sites for hydroxylation is 2. The summed E-state index contributed by atoms with van der Waals surface area (Å²) in [4.78, 5) is 31.2. The fraction of sp³-hybridized carbons (Fsp3) is 0.417. The minimum absolute atomic E-state index is 0.236. The van der Waals surface area contributed by atoms with Crippen LogP contribution in [0.25, 0.3) is 11.0 Å². The minimum atomic E-state index is -0.686. The topological polar surface area (TPSA) is 77.0 Å². The van der Waals surface area contributed by atoms with E-state index < -0.39 is 12.0 Å². The van der Waals surface area contributed by atoms with Gasteiger partial charge < -0.3 is 9.72 Å². The van der Waals surface area contributed by atoms with Gasteiger partial charge in [0.25, 0.3) is 5.56 Å². The summed E-state index contributed by atoms with van der Waals surface area (Å²) in [6, 6.07) is 1.04. The highest BCUT2D eigenvalue weighted by atomic mass is 16.5. The lowest BCUT2D eigenvalue weighted by atomic mass is 10.3. The molecule has 0 bridgehead atoms. The van der Waals surface area contributed by atoms with Crippen molar-refractivity contribution in [2.75, 3.05) is 7.11 Å². The van der Waals surface area contributed by atoms with Crippen molar-refractivity contribution in [2.24, 2.45) is 0 Å². The monoisotopic (exact) mass is 249 g/mol. The zero-order valence-electron chi connectivity index (χ0n) is 10.8. The van der Waals surface area contributed by atoms with Crippen molar-refractivity contribution in [3.63, 3.8) is 0 Å². The zero-order chi connectivity index (χ0) is 13.4. The highest BCUT2D eigenvalue weighted by molar-refractivity contribution is 5.77. The molecule has 2 aromatic heterocycles. The number of nitrogens with zero attached hydrogens (tertiary/aromatic N) is 2. The van der Waals surface area contributed by atoms with E-state index in [0.717, 1.165) is 5.69 Å². The quantitative estimate of drug-likeness (QED) is 0.808. The molecule has 0 aliphatic carbocycles. The standard InChI is InChI=1S/C12H15N3O3/c1-6-5-9-10(13-6)14-8(3)15(11(9)16)7(2)12(17)18-4/h5,7,13H,1-4H3. The summed E-state index contributed by atoms with van der Waals surface area (Å²) in [6.45, 7) is 5.16. The molecule has 0 aromatic carbocycles. The zero-order valence-corrected chi connectivity index (χ0v) is 10.8. The number of esters is 1. The van der Waals surface area contributed by atoms with Gasteiger partial charge in [0, 0.05) is 5.69 Å². The molecule has 0 aliphatic heterocycles. The fourth-order valence-electron chi connectivity index (χ4n) is 2.05. The molecule has 18 heavy (non-hydrogen) atoms. The SMILES string of the molecule is COC(=O)C(C)n1c(C)nc2[nH]c(C)cc2c1=O. The van der Waals surface area contributed by atoms with Crippen LogP contribution in [0.3, 0.4) is 0 Å². The van der Waals surface area contributed by atoms with Gasteiger partial charge in [0.2, 0.25) is 0 Å². The van der Waals surface area contributed by atoms with E-state index in [1.807, 2.05) is 6.92 Å². The van der Waals surface area contributed by atoms with Crippen molar-refractivity contribution in [3.8, 4) is 0 Å². The van der Waals surface area contributed by atoms with Gasteiger partial charge in [-0.3, -0.25) is 9.36 Å². The number of nitrogens with one attached hydrogen (secondary N) is 1. The van der Waals surface area contributed by atoms with Crippen molar-refractivity contribution < 1.29 is 9.53 Å². The number of aromatic amines is 1. The number of carbonyl (C=O) groups is 1. The van der Waals surface area contributed by atoms with Crippen LogP contribution < -0.4 is 5.56 Å². The third-order valence-corrected chi connectivity index (χ3v) is 2.93. The van der Waals surface area contributed by atoms with Gasteiger partial charge in [-0.15, -0.1) is 0 Å². The van der Waals surface area contributed by atoms with Crippen LogP contribution in [0.2, 0.25) is 0 Å². The second kappa shape index (κ2) is 4.29. The molecule has 6 heteroatoms. The second-order valence-corrected chi connectivity index (χ2v) is 4.25. The molecule has 96 valence electrons. The Morgan fingerprint density at radius 2 is 2.17 bits per heavy atom. The Morgan fingerprint density at radius 1 is 1.50 bits per heavy atom. The molecule has 0 amide bonds. The molecule has 1 N–H and O–H groups in total. The van der Waals surface area contributed by atoms with Crippen molar-refractivity contribution in [1.82, 2.24) is 14.5 Å². The molecule has 0 spiro atoms. The first-order valence-corrected chi connectivity index (χ1v) is 5.62. The summed E-state index contributed by atoms with van der Waals surface area (Å²) in [6.07, 6.45) is 0. The van der Waals surface area contributed by atoms with E-state index in [0.29, 0.717) is 16.9 Å². The molecule has 0 fully saturated rings. The Balaban J connectivity index is 2.71. The summed E-state index contributed by atoms with van der Waals surface area (Å²) in [5, 5.41) is 0.480. The van der Waals surface area contributed by atoms with Gasteiger partial charge in [0.15, 0.2) is 0 Å². The maximum absolute atomic E-state index is 12.3. The van der Waals surface area contributed by atoms with E-state index in [2.05, 4.69) is 14.7 Å². The van der Waals surface area contributed by atoms with Crippen LogP contribution in [0, 0.1) is 13.8 Å². The number of rotatable bonds is 2. The van der Waals surface area contributed by atoms with Gasteiger partial charge in [0.05, 0.1) is 12.5 Å². The number of methoxy groups -OCH3 is 1. The third kappa shape index (κ3) is 1.79. The molecular formula is C12H15N3O3. The molecule has 6 nitrogen and oxygen atoms in total. The van der Waals surface area contributed by atoms with Gasteiger partial charge in [-0.05, 0) is 26.8 Å². The van der Waals surface area contributed by atoms with Crippen molar-refractivity contribution >= 4 is 17.0 Å². The Hall–Kier alpha value is -2.11. The van der Waals surface area contributed by atoms with Crippen LogP contribution in [0.4, 0.5) is 0 Å². The van der Waals surface area contributed by atoms with Crippen LogP contribution in [-0.4, -0.2) is 27.6 Å². The van der Waals surface area contributed by atoms with Gasteiger partial charge in [-0.1, -0.05) is 0 Å². The van der Waals surface area contributed by atoms with E-state index in [-0.39, 0.29) is 5.56 Å². The average Bonchev–Trinajstić information content (AvgIpc) is 2.68. The molecule has 1 unspecified atom stereocenters. The molecule has 2 aromatic rings. The van der Waals surface area contributed by atoms with Crippen LogP contribution in [0.15, 0.2) is 10.9 Å². The largest absolute Gasteiger partial charge is 0.467 e. The minimum Gasteiger partial charge on any atom is -0.467 e. The Bertz CT molecular complexity index is 669. The maximum atomic E-state index is 12.3. The number of carbonyl (C=O) groups excluding carboxylic acids is 1. The van der Waals surface area contributed by atoms with Crippen LogP contribution >= 0.6 is 0 Å². The summed E-state index contributed by atoms with van der Waals surface area (Å²) in [5.74, 6) is 0.0147. The molecule has 0 saturated heterocycles. The van der Waals surface area contributed by atoms with Gasteiger partial charge in [0.1, 0.15) is 17.5 Å². The maximum Gasteiger partial charge on any atom is 0.328 e. The number of fused-ring (bicyclic) bond motifs is 1. The summed E-state index contributed by atoms with van der Waals surface area (Å²) in [5.41, 5.74) is 1.17. The van der Waals surface area contributed by atoms with E-state index in [4.69, 9.17) is 0 Å². The van der Waals surface area contributed by atoms with Crippen molar-refractivity contribution in [2.45, 2.75) is 26.8 Å². The number of hydrogen-bond donors (Lipinski definition) is 1. The molecule has 0 aliphatic rings. The van der Waals surface area contributed by atoms with Crippen LogP contribution in [0.1, 0.15) is 24.5 Å². The van der Waals surface area contributed by atoms with E-state index in [1.54, 1.807) is 19.9 Å². The first kappa shape index (κ1) is 12.3. The van der Waals surface area contributed by atoms with E-state index in [9.17, 15) is 9.59 Å². The molecular weight excluding hydrogens is 234 g/mol. The summed E-state index contributed by atoms with van der Waals surface area (Å²) in [7, 11) is 1.30. The Kier molecular flexibility index (Phi) is 2.94. The molecule has 2 rings (SSSR count). The lowest BCUT2D eigenvalue weighted by molar-refractivity contribution is -0.144. The predicted octanol–water partition coefficient (Wildman–Crippen LogP) is 1.08. The Morgan fingerprint density at radius 3 is 2.78 bits per heavy atom.